The number of hydrogen-bond acceptors (Lipinski definition) is 4. The second-order valence-corrected chi connectivity index (χ2v) is 8.32. The van der Waals surface area contributed by atoms with Crippen molar-refractivity contribution in [3.8, 4) is 0 Å². The smallest absolute Gasteiger partial charge is 0.870 e. The molecule has 0 fully saturated rings. The molecule has 8 nitrogen and oxygen atoms in total. The van der Waals surface area contributed by atoms with Crippen molar-refractivity contribution in [2.45, 2.75) is 40.2 Å². The molecule has 1 atom stereocenters. The van der Waals surface area contributed by atoms with Crippen molar-refractivity contribution < 1.29 is 44.5 Å². The minimum atomic E-state index is -0.965. The molecule has 0 saturated heterocycles. The Labute approximate surface area is 180 Å². The van der Waals surface area contributed by atoms with E-state index in [0.717, 1.165) is 22.0 Å². The van der Waals surface area contributed by atoms with E-state index in [2.05, 4.69) is 31.0 Å². The van der Waals surface area contributed by atoms with E-state index in [1.807, 2.05) is 6.07 Å². The zero-order chi connectivity index (χ0) is 18.4. The zero-order valence-electron chi connectivity index (χ0n) is 16.5. The first-order chi connectivity index (χ1) is 11.7. The third-order valence-corrected chi connectivity index (χ3v) is 4.75. The molecule has 5 N–H and O–H groups in total. The minimum absolute atomic E-state index is 0. The maximum Gasteiger partial charge on any atom is 1.00 e. The average Bonchev–Trinajstić information content (AvgIpc) is 2.93. The van der Waals surface area contributed by atoms with Crippen molar-refractivity contribution in [2.75, 3.05) is 6.54 Å². The summed E-state index contributed by atoms with van der Waals surface area (Å²) in [5, 5.41) is 17.6. The summed E-state index contributed by atoms with van der Waals surface area (Å²) in [6.07, 6.45) is 1.92. The number of nitrogens with zero attached hydrogens (tertiary/aromatic N) is 2. The summed E-state index contributed by atoms with van der Waals surface area (Å²) in [7, 11) is 0. The van der Waals surface area contributed by atoms with Gasteiger partial charge < -0.3 is 21.0 Å². The number of hydrogen-bond donors (Lipinski definition) is 2. The van der Waals surface area contributed by atoms with Crippen molar-refractivity contribution in [3.63, 3.8) is 0 Å². The van der Waals surface area contributed by atoms with E-state index in [1.165, 1.54) is 0 Å². The third kappa shape index (κ3) is 5.49. The van der Waals surface area contributed by atoms with Crippen LogP contribution in [0.15, 0.2) is 12.3 Å². The van der Waals surface area contributed by atoms with Crippen molar-refractivity contribution in [1.29, 1.82) is 0 Å². The van der Waals surface area contributed by atoms with Gasteiger partial charge in [0, 0.05) is 18.5 Å². The Morgan fingerprint density at radius 2 is 2.07 bits per heavy atom. The Bertz CT molecular complexity index is 850. The molecule has 1 aromatic carbocycles. The van der Waals surface area contributed by atoms with Crippen molar-refractivity contribution in [1.82, 2.24) is 15.1 Å². The molecule has 3 rings (SSSR count). The maximum absolute atomic E-state index is 13.0. The summed E-state index contributed by atoms with van der Waals surface area (Å²) in [6, 6.07) is 1.83. The number of amides is 1. The number of carbonyl (C=O) groups is 2. The van der Waals surface area contributed by atoms with Gasteiger partial charge in [-0.2, -0.15) is 5.10 Å². The van der Waals surface area contributed by atoms with E-state index in [1.54, 1.807) is 11.1 Å². The topological polar surface area (TPSA) is 148 Å². The number of rotatable bonds is 3. The molecule has 1 aliphatic heterocycles. The van der Waals surface area contributed by atoms with Gasteiger partial charge in [-0.3, -0.25) is 14.7 Å². The Morgan fingerprint density at radius 1 is 1.43 bits per heavy atom. The Balaban J connectivity index is 0.00000243. The molecule has 28 heavy (non-hydrogen) atoms. The number of carboxylic acid groups (broad SMARTS) is 1. The second kappa shape index (κ2) is 9.77. The number of benzene rings is 1. The monoisotopic (exact) mass is 405 g/mol. The summed E-state index contributed by atoms with van der Waals surface area (Å²) >= 11 is 6.34. The molecule has 0 unspecified atom stereocenters. The second-order valence-electron chi connectivity index (χ2n) is 7.91. The van der Waals surface area contributed by atoms with Crippen LogP contribution in [0.5, 0.6) is 0 Å². The van der Waals surface area contributed by atoms with Crippen LogP contribution in [0.2, 0.25) is 5.02 Å². The molecule has 0 saturated carbocycles. The number of aromatic amines is 1. The van der Waals surface area contributed by atoms with Crippen LogP contribution >= 0.6 is 11.6 Å². The van der Waals surface area contributed by atoms with Crippen LogP contribution < -0.4 is 18.9 Å². The van der Waals surface area contributed by atoms with Crippen molar-refractivity contribution in [3.05, 3.63) is 28.4 Å². The molecule has 0 radical (unpaired) electrons. The summed E-state index contributed by atoms with van der Waals surface area (Å²) < 4.78 is 0. The fourth-order valence-electron chi connectivity index (χ4n) is 3.51. The molecule has 10 heteroatoms. The van der Waals surface area contributed by atoms with Crippen molar-refractivity contribution in [2.24, 2.45) is 11.3 Å². The zero-order valence-corrected chi connectivity index (χ0v) is 17.3. The van der Waals surface area contributed by atoms with Crippen LogP contribution in [0.3, 0.4) is 0 Å². The molecular weight excluding hydrogens is 381 g/mol. The number of halogens is 1. The summed E-state index contributed by atoms with van der Waals surface area (Å²) in [6.45, 7) is 7.19. The van der Waals surface area contributed by atoms with Gasteiger partial charge in [-0.15, -0.1) is 0 Å². The summed E-state index contributed by atoms with van der Waals surface area (Å²) in [4.78, 5) is 26.0. The third-order valence-electron chi connectivity index (χ3n) is 4.45. The van der Waals surface area contributed by atoms with E-state index in [9.17, 15) is 14.7 Å². The van der Waals surface area contributed by atoms with Gasteiger partial charge in [-0.25, -0.2) is 0 Å². The van der Waals surface area contributed by atoms with E-state index in [4.69, 9.17) is 11.6 Å². The largest absolute Gasteiger partial charge is 1.00 e. The number of aromatic nitrogens is 2. The van der Waals surface area contributed by atoms with Gasteiger partial charge in [0.15, 0.2) is 0 Å². The molecule has 150 valence electrons. The molecule has 2 aromatic rings. The Morgan fingerprint density at radius 3 is 2.64 bits per heavy atom. The Kier molecular flexibility index (Phi) is 9.22. The van der Waals surface area contributed by atoms with Gasteiger partial charge in [0.25, 0.3) is 0 Å². The Hall–Kier alpha value is -1.56. The molecule has 1 amide bonds. The van der Waals surface area contributed by atoms with Crippen LogP contribution in [0.4, 0.5) is 0 Å². The molecule has 1 aliphatic rings. The molecule has 0 aliphatic carbocycles. The van der Waals surface area contributed by atoms with E-state index in [0.29, 0.717) is 24.5 Å². The molecule has 1 aromatic heterocycles. The van der Waals surface area contributed by atoms with Crippen LogP contribution in [0.25, 0.3) is 10.9 Å². The number of H-pyrrole nitrogens is 1. The fourth-order valence-corrected chi connectivity index (χ4v) is 3.78. The molecule has 0 spiro atoms. The number of nitrogens with one attached hydrogen (secondary N) is 1. The standard InChI is InChI=1S/C18H22ClN3O3.Li.2H2O/c1-18(2,3)9-22-8-13-10(4-11(17(22)25)6-15(23)24)5-14(19)16-12(13)7-20-21-16;;;/h5,7,11H,4,6,8-9H2,1-3H3,(H,20,21)(H,23,24);;2*1H2/q;+1;;/p-1/t11-;;;/m0.../s1. The fraction of sp³-hybridized carbons (Fsp3) is 0.500. The number of fused-ring (bicyclic) bond motifs is 3. The molecule has 0 bridgehead atoms. The minimum Gasteiger partial charge on any atom is -0.870 e. The first kappa shape index (κ1) is 26.4. The van der Waals surface area contributed by atoms with Crippen LogP contribution in [-0.2, 0) is 22.6 Å². The average molecular weight is 406 g/mol. The quantitative estimate of drug-likeness (QED) is 0.644. The molecular formula is C18H25ClLiN3O5. The maximum atomic E-state index is 13.0. The van der Waals surface area contributed by atoms with Crippen LogP contribution in [0.1, 0.15) is 38.3 Å². The van der Waals surface area contributed by atoms with Gasteiger partial charge in [-0.1, -0.05) is 32.4 Å². The first-order valence-corrected chi connectivity index (χ1v) is 8.67. The van der Waals surface area contributed by atoms with Gasteiger partial charge in [-0.05, 0) is 29.0 Å². The predicted octanol–water partition coefficient (Wildman–Crippen LogP) is -0.759. The number of carbonyl (C=O) groups excluding carboxylic acids is 1. The predicted molar refractivity (Wildman–Crippen MR) is 101 cm³/mol. The number of carboxylic acids is 1. The molecule has 2 heterocycles. The van der Waals surface area contributed by atoms with Gasteiger partial charge in [0.2, 0.25) is 5.91 Å². The van der Waals surface area contributed by atoms with Crippen LogP contribution in [-0.4, -0.2) is 49.6 Å². The summed E-state index contributed by atoms with van der Waals surface area (Å²) in [5.74, 6) is -1.66. The van der Waals surface area contributed by atoms with Gasteiger partial charge in [0.05, 0.1) is 29.1 Å². The van der Waals surface area contributed by atoms with Gasteiger partial charge >= 0.3 is 24.8 Å². The van der Waals surface area contributed by atoms with E-state index >= 15 is 0 Å². The van der Waals surface area contributed by atoms with E-state index < -0.39 is 11.9 Å². The SMILES string of the molecule is CC(C)(C)CN1Cc2c(cc(Cl)c3[nH]ncc23)C[C@@H](CC(=O)O)C1=O.O.[Li+].[OH-]. The van der Waals surface area contributed by atoms with Crippen molar-refractivity contribution >= 4 is 34.4 Å². The van der Waals surface area contributed by atoms with Gasteiger partial charge in [0.1, 0.15) is 0 Å². The van der Waals surface area contributed by atoms with Crippen LogP contribution in [0, 0.1) is 11.3 Å². The summed E-state index contributed by atoms with van der Waals surface area (Å²) in [5.41, 5.74) is 2.59. The van der Waals surface area contributed by atoms with E-state index in [-0.39, 0.29) is 47.6 Å². The first-order valence-electron chi connectivity index (χ1n) is 8.29. The normalized spacial score (nSPS) is 16.4. The number of aliphatic carboxylic acids is 1.